The van der Waals surface area contributed by atoms with Crippen LogP contribution in [0.1, 0.15) is 46.0 Å². The second-order valence-corrected chi connectivity index (χ2v) is 4.94. The third kappa shape index (κ3) is 2.20. The zero-order chi connectivity index (χ0) is 9.97. The minimum absolute atomic E-state index is 0.718. The molecule has 0 bridgehead atoms. The summed E-state index contributed by atoms with van der Waals surface area (Å²) in [6.45, 7) is 5.73. The Hall–Kier alpha value is -0.300. The van der Waals surface area contributed by atoms with E-state index in [0.29, 0.717) is 0 Å². The van der Waals surface area contributed by atoms with Crippen LogP contribution in [0.2, 0.25) is 0 Å². The van der Waals surface area contributed by atoms with Crippen molar-refractivity contribution >= 4 is 0 Å². The Bertz CT molecular complexity index is 219. The summed E-state index contributed by atoms with van der Waals surface area (Å²) in [7, 11) is 0. The quantitative estimate of drug-likeness (QED) is 0.676. The van der Waals surface area contributed by atoms with E-state index < -0.39 is 0 Å². The fourth-order valence-electron chi connectivity index (χ4n) is 2.74. The van der Waals surface area contributed by atoms with Gasteiger partial charge in [-0.25, -0.2) is 0 Å². The van der Waals surface area contributed by atoms with Crippen LogP contribution in [0.4, 0.5) is 0 Å². The van der Waals surface area contributed by atoms with E-state index in [1.165, 1.54) is 32.1 Å². The lowest BCUT2D eigenvalue weighted by molar-refractivity contribution is 0.482. The normalized spacial score (nSPS) is 33.7. The van der Waals surface area contributed by atoms with Gasteiger partial charge in [0.2, 0.25) is 0 Å². The monoisotopic (exact) mass is 193 g/mol. The summed E-state index contributed by atoms with van der Waals surface area (Å²) in [5.41, 5.74) is 1.72. The zero-order valence-electron chi connectivity index (χ0n) is 9.55. The molecule has 1 N–H and O–H groups in total. The molecule has 2 rings (SSSR count). The summed E-state index contributed by atoms with van der Waals surface area (Å²) in [5, 5.41) is 3.68. The molecule has 1 nitrogen and oxygen atoms in total. The SMILES string of the molecule is CCNC(C1=CCCCC1)C1CC1C. The number of likely N-dealkylation sites (N-methyl/N-ethyl adjacent to an activating group) is 1. The van der Waals surface area contributed by atoms with Crippen LogP contribution in [0.15, 0.2) is 11.6 Å². The highest BCUT2D eigenvalue weighted by atomic mass is 14.9. The molecule has 0 aromatic rings. The molecule has 3 atom stereocenters. The molecule has 0 aromatic heterocycles. The fraction of sp³-hybridized carbons (Fsp3) is 0.846. The van der Waals surface area contributed by atoms with Crippen LogP contribution in [0, 0.1) is 11.8 Å². The molecule has 0 amide bonds. The molecule has 0 spiro atoms. The minimum atomic E-state index is 0.718. The van der Waals surface area contributed by atoms with Crippen molar-refractivity contribution in [2.45, 2.75) is 52.0 Å². The van der Waals surface area contributed by atoms with Crippen LogP contribution in [0.5, 0.6) is 0 Å². The highest BCUT2D eigenvalue weighted by Crippen LogP contribution is 2.44. The largest absolute Gasteiger partial charge is 0.310 e. The van der Waals surface area contributed by atoms with Gasteiger partial charge in [-0.05, 0) is 50.5 Å². The van der Waals surface area contributed by atoms with Crippen molar-refractivity contribution in [1.82, 2.24) is 5.32 Å². The van der Waals surface area contributed by atoms with Crippen LogP contribution in [-0.2, 0) is 0 Å². The van der Waals surface area contributed by atoms with Gasteiger partial charge in [-0.1, -0.05) is 25.5 Å². The van der Waals surface area contributed by atoms with Gasteiger partial charge in [-0.15, -0.1) is 0 Å². The molecule has 14 heavy (non-hydrogen) atoms. The Morgan fingerprint density at radius 1 is 1.50 bits per heavy atom. The maximum Gasteiger partial charge on any atom is 0.0310 e. The van der Waals surface area contributed by atoms with Gasteiger partial charge in [0, 0.05) is 6.04 Å². The molecule has 0 aromatic carbocycles. The lowest BCUT2D eigenvalue weighted by Crippen LogP contribution is -2.33. The highest BCUT2D eigenvalue weighted by Gasteiger charge is 2.40. The first-order valence-corrected chi connectivity index (χ1v) is 6.25. The van der Waals surface area contributed by atoms with Crippen molar-refractivity contribution in [3.05, 3.63) is 11.6 Å². The second kappa shape index (κ2) is 4.48. The number of hydrogen-bond donors (Lipinski definition) is 1. The van der Waals surface area contributed by atoms with E-state index >= 15 is 0 Å². The van der Waals surface area contributed by atoms with E-state index in [0.717, 1.165) is 24.4 Å². The van der Waals surface area contributed by atoms with Crippen LogP contribution < -0.4 is 5.32 Å². The van der Waals surface area contributed by atoms with E-state index in [-0.39, 0.29) is 0 Å². The maximum atomic E-state index is 3.68. The Balaban J connectivity index is 1.98. The maximum absolute atomic E-state index is 3.68. The summed E-state index contributed by atoms with van der Waals surface area (Å²) in [4.78, 5) is 0. The van der Waals surface area contributed by atoms with Gasteiger partial charge >= 0.3 is 0 Å². The van der Waals surface area contributed by atoms with E-state index in [1.807, 2.05) is 0 Å². The average Bonchev–Trinajstić information content (AvgIpc) is 2.93. The van der Waals surface area contributed by atoms with E-state index in [4.69, 9.17) is 0 Å². The lowest BCUT2D eigenvalue weighted by atomic mass is 9.91. The molecule has 2 aliphatic carbocycles. The Morgan fingerprint density at radius 2 is 2.29 bits per heavy atom. The molecule has 0 radical (unpaired) electrons. The summed E-state index contributed by atoms with van der Waals surface area (Å²) < 4.78 is 0. The smallest absolute Gasteiger partial charge is 0.0310 e. The predicted octanol–water partition coefficient (Wildman–Crippen LogP) is 3.12. The number of allylic oxidation sites excluding steroid dienone is 1. The summed E-state index contributed by atoms with van der Waals surface area (Å²) >= 11 is 0. The molecule has 1 saturated carbocycles. The molecule has 0 aliphatic heterocycles. The molecule has 0 saturated heterocycles. The van der Waals surface area contributed by atoms with Gasteiger partial charge < -0.3 is 5.32 Å². The molecule has 1 fully saturated rings. The van der Waals surface area contributed by atoms with E-state index in [2.05, 4.69) is 25.2 Å². The minimum Gasteiger partial charge on any atom is -0.310 e. The average molecular weight is 193 g/mol. The van der Waals surface area contributed by atoms with Gasteiger partial charge in [0.15, 0.2) is 0 Å². The van der Waals surface area contributed by atoms with Crippen molar-refractivity contribution < 1.29 is 0 Å². The third-order valence-corrected chi connectivity index (χ3v) is 3.75. The first kappa shape index (κ1) is 10.2. The number of nitrogens with one attached hydrogen (secondary N) is 1. The summed E-state index contributed by atoms with van der Waals surface area (Å²) in [6, 6.07) is 0.718. The highest BCUT2D eigenvalue weighted by molar-refractivity contribution is 5.18. The molecule has 1 heteroatoms. The van der Waals surface area contributed by atoms with Gasteiger partial charge in [0.25, 0.3) is 0 Å². The molecule has 0 heterocycles. The molecule has 3 unspecified atom stereocenters. The van der Waals surface area contributed by atoms with Crippen molar-refractivity contribution in [3.8, 4) is 0 Å². The second-order valence-electron chi connectivity index (χ2n) is 4.94. The topological polar surface area (TPSA) is 12.0 Å². The van der Waals surface area contributed by atoms with Gasteiger partial charge in [-0.3, -0.25) is 0 Å². The van der Waals surface area contributed by atoms with Crippen molar-refractivity contribution in [2.24, 2.45) is 11.8 Å². The third-order valence-electron chi connectivity index (χ3n) is 3.75. The first-order chi connectivity index (χ1) is 6.83. The van der Waals surface area contributed by atoms with Crippen LogP contribution >= 0.6 is 0 Å². The van der Waals surface area contributed by atoms with E-state index in [9.17, 15) is 0 Å². The van der Waals surface area contributed by atoms with Crippen molar-refractivity contribution in [2.75, 3.05) is 6.54 Å². The Labute approximate surface area is 88.0 Å². The van der Waals surface area contributed by atoms with Crippen LogP contribution in [0.3, 0.4) is 0 Å². The van der Waals surface area contributed by atoms with Gasteiger partial charge in [0.1, 0.15) is 0 Å². The van der Waals surface area contributed by atoms with Gasteiger partial charge in [0.05, 0.1) is 0 Å². The number of hydrogen-bond acceptors (Lipinski definition) is 1. The summed E-state index contributed by atoms with van der Waals surface area (Å²) in [5.74, 6) is 1.90. The lowest BCUT2D eigenvalue weighted by Gasteiger charge is -2.24. The standard InChI is InChI=1S/C13H23N/c1-3-14-13(12-9-10(12)2)11-7-5-4-6-8-11/h7,10,12-14H,3-6,8-9H2,1-2H3. The first-order valence-electron chi connectivity index (χ1n) is 6.25. The van der Waals surface area contributed by atoms with E-state index in [1.54, 1.807) is 5.57 Å². The number of rotatable bonds is 4. The summed E-state index contributed by atoms with van der Waals surface area (Å²) in [6.07, 6.45) is 9.42. The van der Waals surface area contributed by atoms with Crippen molar-refractivity contribution in [3.63, 3.8) is 0 Å². The molecular formula is C13H23N. The predicted molar refractivity (Wildman–Crippen MR) is 61.3 cm³/mol. The molecular weight excluding hydrogens is 170 g/mol. The van der Waals surface area contributed by atoms with Gasteiger partial charge in [-0.2, -0.15) is 0 Å². The van der Waals surface area contributed by atoms with Crippen LogP contribution in [0.25, 0.3) is 0 Å². The Kier molecular flexibility index (Phi) is 3.27. The van der Waals surface area contributed by atoms with Crippen LogP contribution in [-0.4, -0.2) is 12.6 Å². The fourth-order valence-corrected chi connectivity index (χ4v) is 2.74. The zero-order valence-corrected chi connectivity index (χ0v) is 9.55. The van der Waals surface area contributed by atoms with Crippen molar-refractivity contribution in [1.29, 1.82) is 0 Å². The molecule has 80 valence electrons. The molecule has 2 aliphatic rings. The Morgan fingerprint density at radius 3 is 2.79 bits per heavy atom.